The summed E-state index contributed by atoms with van der Waals surface area (Å²) in [5.41, 5.74) is 2.37. The number of para-hydroxylation sites is 3. The van der Waals surface area contributed by atoms with Gasteiger partial charge in [-0.15, -0.1) is 0 Å². The van der Waals surface area contributed by atoms with Gasteiger partial charge in [-0.25, -0.2) is 0 Å². The summed E-state index contributed by atoms with van der Waals surface area (Å²) in [6.07, 6.45) is 1.91. The molecule has 0 heterocycles. The lowest BCUT2D eigenvalue weighted by Crippen LogP contribution is -2.04. The van der Waals surface area contributed by atoms with Crippen molar-refractivity contribution in [2.75, 3.05) is 20.3 Å². The van der Waals surface area contributed by atoms with Crippen molar-refractivity contribution < 1.29 is 14.2 Å². The molecule has 2 aromatic carbocycles. The Morgan fingerprint density at radius 3 is 1.95 bits per heavy atom. The average Bonchev–Trinajstić information content (AvgIpc) is 2.53. The Hall–Kier alpha value is -2.16. The number of methoxy groups -OCH3 is 1. The Bertz CT molecular complexity index is 573. The molecule has 0 bridgehead atoms. The first-order valence-corrected chi connectivity index (χ1v) is 7.67. The van der Waals surface area contributed by atoms with Crippen LogP contribution >= 0.6 is 0 Å². The van der Waals surface area contributed by atoms with Gasteiger partial charge in [0.15, 0.2) is 11.5 Å². The molecule has 0 aromatic heterocycles. The highest BCUT2D eigenvalue weighted by molar-refractivity contribution is 5.40. The van der Waals surface area contributed by atoms with E-state index in [1.807, 2.05) is 24.3 Å². The van der Waals surface area contributed by atoms with E-state index >= 15 is 0 Å². The van der Waals surface area contributed by atoms with Gasteiger partial charge in [-0.05, 0) is 49.9 Å². The minimum atomic E-state index is 0.663. The topological polar surface area (TPSA) is 27.7 Å². The van der Waals surface area contributed by atoms with E-state index in [-0.39, 0.29) is 0 Å². The summed E-state index contributed by atoms with van der Waals surface area (Å²) in [5.74, 6) is 2.57. The van der Waals surface area contributed by atoms with E-state index < -0.39 is 0 Å². The smallest absolute Gasteiger partial charge is 0.161 e. The van der Waals surface area contributed by atoms with Crippen molar-refractivity contribution in [3.63, 3.8) is 0 Å². The van der Waals surface area contributed by atoms with E-state index in [1.165, 1.54) is 11.1 Å². The van der Waals surface area contributed by atoms with Crippen molar-refractivity contribution in [1.29, 1.82) is 0 Å². The largest absolute Gasteiger partial charge is 0.493 e. The maximum atomic E-state index is 5.88. The summed E-state index contributed by atoms with van der Waals surface area (Å²) in [6.45, 7) is 5.53. The van der Waals surface area contributed by atoms with Crippen LogP contribution in [0.1, 0.15) is 24.0 Å². The minimum absolute atomic E-state index is 0.663. The lowest BCUT2D eigenvalue weighted by atomic mass is 10.1. The number of hydrogen-bond acceptors (Lipinski definition) is 3. The quantitative estimate of drug-likeness (QED) is 0.669. The molecular formula is C19H24O3. The first-order chi connectivity index (χ1) is 10.7. The zero-order valence-corrected chi connectivity index (χ0v) is 13.6. The highest BCUT2D eigenvalue weighted by Gasteiger charge is 2.04. The van der Waals surface area contributed by atoms with Gasteiger partial charge in [0, 0.05) is 0 Å². The van der Waals surface area contributed by atoms with Gasteiger partial charge < -0.3 is 14.2 Å². The summed E-state index contributed by atoms with van der Waals surface area (Å²) in [7, 11) is 1.65. The second-order valence-corrected chi connectivity index (χ2v) is 5.28. The third kappa shape index (κ3) is 4.42. The molecule has 3 heteroatoms. The number of ether oxygens (including phenoxy) is 3. The van der Waals surface area contributed by atoms with Crippen molar-refractivity contribution in [2.24, 2.45) is 0 Å². The van der Waals surface area contributed by atoms with Crippen LogP contribution in [0.4, 0.5) is 0 Å². The molecule has 0 atom stereocenters. The Kier molecular flexibility index (Phi) is 6.13. The fourth-order valence-electron chi connectivity index (χ4n) is 2.33. The Balaban J connectivity index is 1.70. The second-order valence-electron chi connectivity index (χ2n) is 5.28. The van der Waals surface area contributed by atoms with Gasteiger partial charge in [-0.1, -0.05) is 30.3 Å². The normalized spacial score (nSPS) is 10.3. The van der Waals surface area contributed by atoms with Gasteiger partial charge in [-0.2, -0.15) is 0 Å². The van der Waals surface area contributed by atoms with Crippen LogP contribution in [0, 0.1) is 13.8 Å². The van der Waals surface area contributed by atoms with E-state index in [0.29, 0.717) is 13.2 Å². The molecule has 0 aliphatic carbocycles. The molecule has 0 saturated carbocycles. The third-order valence-electron chi connectivity index (χ3n) is 3.52. The van der Waals surface area contributed by atoms with E-state index in [2.05, 4.69) is 32.0 Å². The van der Waals surface area contributed by atoms with Gasteiger partial charge in [-0.3, -0.25) is 0 Å². The molecule has 2 aromatic rings. The van der Waals surface area contributed by atoms with Crippen LogP contribution in [-0.4, -0.2) is 20.3 Å². The summed E-state index contributed by atoms with van der Waals surface area (Å²) in [6, 6.07) is 13.9. The molecule has 0 unspecified atom stereocenters. The Morgan fingerprint density at radius 1 is 0.727 bits per heavy atom. The van der Waals surface area contributed by atoms with E-state index in [0.717, 1.165) is 30.1 Å². The first-order valence-electron chi connectivity index (χ1n) is 7.67. The van der Waals surface area contributed by atoms with Crippen molar-refractivity contribution in [3.8, 4) is 17.2 Å². The number of hydrogen-bond donors (Lipinski definition) is 0. The highest BCUT2D eigenvalue weighted by atomic mass is 16.5. The molecule has 0 amide bonds. The predicted molar refractivity (Wildman–Crippen MR) is 89.1 cm³/mol. The standard InChI is InChI=1S/C19H24O3/c1-15-9-8-10-16(2)19(15)22-14-7-6-13-21-18-12-5-4-11-17(18)20-3/h4-5,8-12H,6-7,13-14H2,1-3H3. The van der Waals surface area contributed by atoms with Gasteiger partial charge in [0.2, 0.25) is 0 Å². The number of aryl methyl sites for hydroxylation is 2. The highest BCUT2D eigenvalue weighted by Crippen LogP contribution is 2.26. The molecule has 22 heavy (non-hydrogen) atoms. The number of unbranched alkanes of at least 4 members (excludes halogenated alkanes) is 1. The molecule has 118 valence electrons. The zero-order valence-electron chi connectivity index (χ0n) is 13.6. The molecule has 0 aliphatic rings. The van der Waals surface area contributed by atoms with E-state index in [9.17, 15) is 0 Å². The van der Waals surface area contributed by atoms with E-state index in [4.69, 9.17) is 14.2 Å². The molecule has 0 N–H and O–H groups in total. The molecule has 2 rings (SSSR count). The fourth-order valence-corrected chi connectivity index (χ4v) is 2.33. The predicted octanol–water partition coefficient (Wildman–Crippen LogP) is 4.55. The summed E-state index contributed by atoms with van der Waals surface area (Å²) in [5, 5.41) is 0. The first kappa shape index (κ1) is 16.2. The van der Waals surface area contributed by atoms with Crippen LogP contribution in [0.2, 0.25) is 0 Å². The summed E-state index contributed by atoms with van der Waals surface area (Å²) < 4.78 is 16.9. The van der Waals surface area contributed by atoms with Crippen LogP contribution in [0.15, 0.2) is 42.5 Å². The minimum Gasteiger partial charge on any atom is -0.493 e. The average molecular weight is 300 g/mol. The SMILES string of the molecule is COc1ccccc1OCCCCOc1c(C)cccc1C. The van der Waals surface area contributed by atoms with Crippen LogP contribution in [0.3, 0.4) is 0 Å². The molecule has 0 fully saturated rings. The third-order valence-corrected chi connectivity index (χ3v) is 3.52. The van der Waals surface area contributed by atoms with E-state index in [1.54, 1.807) is 7.11 Å². The van der Waals surface area contributed by atoms with Gasteiger partial charge >= 0.3 is 0 Å². The second kappa shape index (κ2) is 8.32. The maximum Gasteiger partial charge on any atom is 0.161 e. The Labute approximate surface area is 132 Å². The van der Waals surface area contributed by atoms with Crippen LogP contribution in [-0.2, 0) is 0 Å². The number of benzene rings is 2. The van der Waals surface area contributed by atoms with Gasteiger partial charge in [0.05, 0.1) is 20.3 Å². The van der Waals surface area contributed by atoms with Crippen molar-refractivity contribution in [3.05, 3.63) is 53.6 Å². The number of rotatable bonds is 8. The Morgan fingerprint density at radius 2 is 1.32 bits per heavy atom. The molecule has 0 saturated heterocycles. The zero-order chi connectivity index (χ0) is 15.8. The van der Waals surface area contributed by atoms with Crippen LogP contribution in [0.5, 0.6) is 17.2 Å². The molecule has 0 aliphatic heterocycles. The molecular weight excluding hydrogens is 276 g/mol. The lowest BCUT2D eigenvalue weighted by molar-refractivity contribution is 0.257. The van der Waals surface area contributed by atoms with Crippen LogP contribution < -0.4 is 14.2 Å². The van der Waals surface area contributed by atoms with Crippen molar-refractivity contribution >= 4 is 0 Å². The van der Waals surface area contributed by atoms with Crippen molar-refractivity contribution in [2.45, 2.75) is 26.7 Å². The fraction of sp³-hybridized carbons (Fsp3) is 0.368. The van der Waals surface area contributed by atoms with Gasteiger partial charge in [0.1, 0.15) is 5.75 Å². The summed E-state index contributed by atoms with van der Waals surface area (Å²) in [4.78, 5) is 0. The maximum absolute atomic E-state index is 5.88. The summed E-state index contributed by atoms with van der Waals surface area (Å²) >= 11 is 0. The van der Waals surface area contributed by atoms with Gasteiger partial charge in [0.25, 0.3) is 0 Å². The monoisotopic (exact) mass is 300 g/mol. The molecule has 0 spiro atoms. The molecule has 0 radical (unpaired) electrons. The van der Waals surface area contributed by atoms with Crippen molar-refractivity contribution in [1.82, 2.24) is 0 Å². The lowest BCUT2D eigenvalue weighted by Gasteiger charge is -2.12. The van der Waals surface area contributed by atoms with Crippen LogP contribution in [0.25, 0.3) is 0 Å². The molecule has 3 nitrogen and oxygen atoms in total.